The van der Waals surface area contributed by atoms with Crippen LogP contribution < -0.4 is 20.1 Å². The van der Waals surface area contributed by atoms with Crippen LogP contribution in [0.2, 0.25) is 0 Å². The molecule has 0 saturated carbocycles. The molecule has 10 nitrogen and oxygen atoms in total. The molecule has 1 heterocycles. The molecule has 2 amide bonds. The summed E-state index contributed by atoms with van der Waals surface area (Å²) in [6, 6.07) is 5.25. The summed E-state index contributed by atoms with van der Waals surface area (Å²) in [6.45, 7) is 1.63. The molecule has 1 radical (unpaired) electrons. The molecule has 0 spiro atoms. The number of urea groups is 1. The van der Waals surface area contributed by atoms with Crippen LogP contribution in [0, 0.1) is 6.92 Å². The summed E-state index contributed by atoms with van der Waals surface area (Å²) >= 11 is 0. The number of nitrogens with one attached hydrogen (secondary N) is 3. The Morgan fingerprint density at radius 1 is 1.12 bits per heavy atom. The molecule has 0 aliphatic rings. The van der Waals surface area contributed by atoms with E-state index in [4.69, 9.17) is 4.74 Å². The third-order valence-electron chi connectivity index (χ3n) is 2.86. The van der Waals surface area contributed by atoms with Gasteiger partial charge in [-0.2, -0.15) is 15.0 Å². The number of carbonyl (C=O) groups is 1. The Morgan fingerprint density at radius 2 is 1.76 bits per heavy atom. The Morgan fingerprint density at radius 3 is 2.36 bits per heavy atom. The molecule has 0 aliphatic carbocycles. The zero-order valence-corrected chi connectivity index (χ0v) is 17.0. The predicted molar refractivity (Wildman–Crippen MR) is 92.2 cm³/mol. The molecule has 3 N–H and O–H groups in total. The van der Waals surface area contributed by atoms with Crippen LogP contribution in [0.15, 0.2) is 29.2 Å². The largest absolute Gasteiger partial charge is 0.467 e. The van der Waals surface area contributed by atoms with Crippen molar-refractivity contribution in [2.75, 3.05) is 24.8 Å². The smallest absolute Gasteiger partial charge is 0.335 e. The summed E-state index contributed by atoms with van der Waals surface area (Å²) in [5, 5.41) is 4.89. The van der Waals surface area contributed by atoms with Crippen LogP contribution >= 0.6 is 0 Å². The van der Waals surface area contributed by atoms with Crippen LogP contribution in [0.25, 0.3) is 0 Å². The summed E-state index contributed by atoms with van der Waals surface area (Å²) < 4.78 is 31.2. The fraction of sp³-hybridized carbons (Fsp3) is 0.231. The van der Waals surface area contributed by atoms with Crippen LogP contribution in [-0.4, -0.2) is 73.1 Å². The van der Waals surface area contributed by atoms with Gasteiger partial charge in [-0.05, 0) is 18.6 Å². The number of sulfonamides is 1. The number of rotatable bonds is 5. The molecule has 0 saturated heterocycles. The summed E-state index contributed by atoms with van der Waals surface area (Å²) in [4.78, 5) is 23.5. The van der Waals surface area contributed by atoms with Gasteiger partial charge in [0, 0.05) is 36.6 Å². The molecular weight excluding hydrogens is 359 g/mol. The van der Waals surface area contributed by atoms with Crippen molar-refractivity contribution in [1.29, 1.82) is 0 Å². The molecule has 0 aliphatic heterocycles. The van der Waals surface area contributed by atoms with Crippen molar-refractivity contribution >= 4 is 57.5 Å². The maximum atomic E-state index is 12.2. The van der Waals surface area contributed by atoms with Gasteiger partial charge in [-0.25, -0.2) is 17.9 Å². The average Bonchev–Trinajstić information content (AvgIpc) is 2.53. The molecule has 2 rings (SSSR count). The van der Waals surface area contributed by atoms with Crippen LogP contribution in [0.3, 0.4) is 0 Å². The monoisotopic (exact) mass is 375 g/mol. The number of aromatic nitrogens is 3. The quantitative estimate of drug-likeness (QED) is 0.638. The van der Waals surface area contributed by atoms with Crippen molar-refractivity contribution in [3.8, 4) is 6.01 Å². The fourth-order valence-electron chi connectivity index (χ4n) is 1.78. The molecule has 1 aromatic heterocycles. The van der Waals surface area contributed by atoms with E-state index in [1.165, 1.54) is 13.2 Å². The van der Waals surface area contributed by atoms with Gasteiger partial charge >= 0.3 is 12.0 Å². The normalized spacial score (nSPS) is 10.4. The Balaban J connectivity index is 0.00000312. The minimum Gasteiger partial charge on any atom is -0.467 e. The van der Waals surface area contributed by atoms with Crippen LogP contribution in [0.5, 0.6) is 6.01 Å². The Bertz CT molecular complexity index is 839. The van der Waals surface area contributed by atoms with E-state index in [-0.39, 0.29) is 52.4 Å². The van der Waals surface area contributed by atoms with Crippen molar-refractivity contribution in [2.45, 2.75) is 11.8 Å². The summed E-state index contributed by atoms with van der Waals surface area (Å²) in [5.41, 5.74) is 0.511. The van der Waals surface area contributed by atoms with E-state index in [0.29, 0.717) is 5.56 Å². The number of benzene rings is 1. The SMILES string of the molecule is CNc1nc(NC(=O)NS(=O)(=O)c2ccccc2C)nc(OC)n1.[Na]. The molecule has 129 valence electrons. The van der Waals surface area contributed by atoms with Crippen molar-refractivity contribution in [3.05, 3.63) is 29.8 Å². The van der Waals surface area contributed by atoms with Gasteiger partial charge in [0.15, 0.2) is 0 Å². The van der Waals surface area contributed by atoms with E-state index >= 15 is 0 Å². The van der Waals surface area contributed by atoms with E-state index < -0.39 is 16.1 Å². The standard InChI is InChI=1S/C13H16N6O4S.Na/c1-8-6-4-5-7-9(8)24(21,22)19-12(20)16-11-15-10(14-2)17-13(18-11)23-3;/h4-7H,1-3H3,(H3,14,15,16,17,18,19,20);. The van der Waals surface area contributed by atoms with Crippen molar-refractivity contribution in [2.24, 2.45) is 0 Å². The van der Waals surface area contributed by atoms with Crippen molar-refractivity contribution < 1.29 is 17.9 Å². The Hall–Kier alpha value is -1.95. The van der Waals surface area contributed by atoms with Crippen molar-refractivity contribution in [1.82, 2.24) is 19.7 Å². The molecule has 1 aromatic carbocycles. The zero-order chi connectivity index (χ0) is 17.7. The number of anilines is 2. The molecule has 2 aromatic rings. The summed E-state index contributed by atoms with van der Waals surface area (Å²) in [6.07, 6.45) is 0. The Kier molecular flexibility index (Phi) is 7.55. The summed E-state index contributed by atoms with van der Waals surface area (Å²) in [5.74, 6) is -0.0115. The van der Waals surface area contributed by atoms with E-state index in [1.807, 2.05) is 4.72 Å². The molecular formula is C13H16N6NaO4S. The second-order valence-corrected chi connectivity index (χ2v) is 6.20. The van der Waals surface area contributed by atoms with Gasteiger partial charge in [0.25, 0.3) is 10.0 Å². The van der Waals surface area contributed by atoms with Crippen LogP contribution in [0.4, 0.5) is 16.7 Å². The Labute approximate surface area is 167 Å². The van der Waals surface area contributed by atoms with E-state index in [0.717, 1.165) is 0 Å². The average molecular weight is 375 g/mol. The summed E-state index contributed by atoms with van der Waals surface area (Å²) in [7, 11) is -1.10. The minimum absolute atomic E-state index is 0. The number of aryl methyl sites for hydroxylation is 1. The van der Waals surface area contributed by atoms with E-state index in [2.05, 4.69) is 25.6 Å². The molecule has 0 atom stereocenters. The third-order valence-corrected chi connectivity index (χ3v) is 4.35. The number of ether oxygens (including phenoxy) is 1. The van der Waals surface area contributed by atoms with Gasteiger partial charge in [-0.1, -0.05) is 18.2 Å². The van der Waals surface area contributed by atoms with Crippen LogP contribution in [-0.2, 0) is 10.0 Å². The number of hydrogen-bond donors (Lipinski definition) is 3. The second kappa shape index (κ2) is 8.94. The first kappa shape index (κ1) is 21.1. The maximum Gasteiger partial charge on any atom is 0.335 e. The number of carbonyl (C=O) groups excluding carboxylic acids is 1. The number of nitrogens with zero attached hydrogens (tertiary/aromatic N) is 3. The number of methoxy groups -OCH3 is 1. The van der Waals surface area contributed by atoms with Gasteiger partial charge in [-0.3, -0.25) is 5.32 Å². The first-order chi connectivity index (χ1) is 11.4. The van der Waals surface area contributed by atoms with Gasteiger partial charge in [0.1, 0.15) is 0 Å². The number of hydrogen-bond acceptors (Lipinski definition) is 8. The van der Waals surface area contributed by atoms with Gasteiger partial charge in [-0.15, -0.1) is 0 Å². The molecule has 12 heteroatoms. The molecule has 0 fully saturated rings. The molecule has 0 bridgehead atoms. The van der Waals surface area contributed by atoms with Gasteiger partial charge in [0.05, 0.1) is 12.0 Å². The fourth-order valence-corrected chi connectivity index (χ4v) is 2.93. The third kappa shape index (κ3) is 5.53. The first-order valence-electron chi connectivity index (χ1n) is 6.73. The van der Waals surface area contributed by atoms with Crippen LogP contribution in [0.1, 0.15) is 5.56 Å². The van der Waals surface area contributed by atoms with E-state index in [9.17, 15) is 13.2 Å². The topological polar surface area (TPSA) is 135 Å². The number of amides is 2. The zero-order valence-electron chi connectivity index (χ0n) is 14.2. The minimum atomic E-state index is -4.02. The van der Waals surface area contributed by atoms with Crippen molar-refractivity contribution in [3.63, 3.8) is 0 Å². The first-order valence-corrected chi connectivity index (χ1v) is 8.21. The molecule has 0 unspecified atom stereocenters. The predicted octanol–water partition coefficient (Wildman–Crippen LogP) is 0.360. The van der Waals surface area contributed by atoms with E-state index in [1.54, 1.807) is 32.2 Å². The van der Waals surface area contributed by atoms with Gasteiger partial charge < -0.3 is 10.1 Å². The second-order valence-electron chi connectivity index (χ2n) is 4.54. The van der Waals surface area contributed by atoms with Gasteiger partial charge in [0.2, 0.25) is 11.9 Å². The maximum absolute atomic E-state index is 12.2. The molecule has 25 heavy (non-hydrogen) atoms.